The van der Waals surface area contributed by atoms with Gasteiger partial charge < -0.3 is 9.47 Å². The van der Waals surface area contributed by atoms with Crippen LogP contribution in [-0.4, -0.2) is 26.2 Å². The van der Waals surface area contributed by atoms with Crippen LogP contribution >= 0.6 is 0 Å². The van der Waals surface area contributed by atoms with E-state index in [2.05, 4.69) is 0 Å². The highest BCUT2D eigenvalue weighted by molar-refractivity contribution is 5.75. The predicted molar refractivity (Wildman–Crippen MR) is 65.7 cm³/mol. The fourth-order valence-corrected chi connectivity index (χ4v) is 3.89. The molecule has 0 aromatic carbocycles. The first-order valence-electron chi connectivity index (χ1n) is 6.84. The molecule has 2 saturated carbocycles. The Kier molecular flexibility index (Phi) is 4.25. The minimum absolute atomic E-state index is 0.00902. The molecule has 4 heteroatoms. The number of hydrogen-bond acceptors (Lipinski definition) is 4. The Morgan fingerprint density at radius 2 is 1.17 bits per heavy atom. The number of esters is 2. The van der Waals surface area contributed by atoms with Crippen molar-refractivity contribution in [2.45, 2.75) is 38.5 Å². The molecule has 4 unspecified atom stereocenters. The fourth-order valence-electron chi connectivity index (χ4n) is 3.89. The van der Waals surface area contributed by atoms with E-state index in [0.29, 0.717) is 11.8 Å². The van der Waals surface area contributed by atoms with E-state index in [1.807, 2.05) is 0 Å². The lowest BCUT2D eigenvalue weighted by atomic mass is 9.78. The topological polar surface area (TPSA) is 52.6 Å². The molecule has 0 aliphatic heterocycles. The van der Waals surface area contributed by atoms with Gasteiger partial charge in [0.1, 0.15) is 0 Å². The van der Waals surface area contributed by atoms with Gasteiger partial charge in [0.2, 0.25) is 0 Å². The Bertz CT molecular complexity index is 294. The van der Waals surface area contributed by atoms with Gasteiger partial charge in [-0.2, -0.15) is 0 Å². The Labute approximate surface area is 108 Å². The highest BCUT2D eigenvalue weighted by Gasteiger charge is 2.45. The first-order chi connectivity index (χ1) is 8.69. The number of ether oxygens (including phenoxy) is 2. The quantitative estimate of drug-likeness (QED) is 0.724. The monoisotopic (exact) mass is 254 g/mol. The molecule has 0 N–H and O–H groups in total. The minimum Gasteiger partial charge on any atom is -0.469 e. The second-order valence-electron chi connectivity index (χ2n) is 5.45. The zero-order valence-corrected chi connectivity index (χ0v) is 11.2. The van der Waals surface area contributed by atoms with E-state index in [-0.39, 0.29) is 23.8 Å². The summed E-state index contributed by atoms with van der Waals surface area (Å²) in [6, 6.07) is 0. The molecule has 2 aliphatic rings. The third-order valence-electron chi connectivity index (χ3n) is 4.70. The summed E-state index contributed by atoms with van der Waals surface area (Å²) in [5.74, 6) is 0.393. The molecule has 0 heterocycles. The van der Waals surface area contributed by atoms with Gasteiger partial charge in [0.25, 0.3) is 0 Å². The van der Waals surface area contributed by atoms with Crippen molar-refractivity contribution in [2.75, 3.05) is 14.2 Å². The molecular weight excluding hydrogens is 232 g/mol. The van der Waals surface area contributed by atoms with E-state index in [9.17, 15) is 9.59 Å². The molecule has 0 radical (unpaired) electrons. The SMILES string of the molecule is COC(=O)C1CCCC1C1CCCC1C(=O)OC. The van der Waals surface area contributed by atoms with Crippen molar-refractivity contribution < 1.29 is 19.1 Å². The van der Waals surface area contributed by atoms with Gasteiger partial charge in [0.05, 0.1) is 26.1 Å². The average Bonchev–Trinajstić information content (AvgIpc) is 3.04. The van der Waals surface area contributed by atoms with Crippen molar-refractivity contribution in [3.05, 3.63) is 0 Å². The second-order valence-corrected chi connectivity index (χ2v) is 5.45. The molecule has 102 valence electrons. The van der Waals surface area contributed by atoms with Gasteiger partial charge in [-0.3, -0.25) is 9.59 Å². The van der Waals surface area contributed by atoms with E-state index in [1.165, 1.54) is 14.2 Å². The third-order valence-corrected chi connectivity index (χ3v) is 4.70. The number of carbonyl (C=O) groups is 2. The van der Waals surface area contributed by atoms with Gasteiger partial charge in [-0.05, 0) is 37.5 Å². The number of hydrogen-bond donors (Lipinski definition) is 0. The zero-order chi connectivity index (χ0) is 13.1. The largest absolute Gasteiger partial charge is 0.469 e. The van der Waals surface area contributed by atoms with Crippen LogP contribution < -0.4 is 0 Å². The molecule has 0 aromatic rings. The minimum atomic E-state index is -0.104. The molecule has 4 nitrogen and oxygen atoms in total. The third kappa shape index (κ3) is 2.38. The first kappa shape index (κ1) is 13.4. The number of carbonyl (C=O) groups excluding carboxylic acids is 2. The maximum absolute atomic E-state index is 11.8. The standard InChI is InChI=1S/C14H22O4/c1-17-13(15)11-7-3-5-9(11)10-6-4-8-12(10)14(16)18-2/h9-12H,3-8H2,1-2H3. The fraction of sp³-hybridized carbons (Fsp3) is 0.857. The Morgan fingerprint density at radius 1 is 0.778 bits per heavy atom. The van der Waals surface area contributed by atoms with Crippen LogP contribution in [0.15, 0.2) is 0 Å². The molecule has 2 fully saturated rings. The van der Waals surface area contributed by atoms with E-state index >= 15 is 0 Å². The molecule has 4 atom stereocenters. The molecule has 2 rings (SSSR count). The summed E-state index contributed by atoms with van der Waals surface area (Å²) >= 11 is 0. The van der Waals surface area contributed by atoms with Crippen molar-refractivity contribution in [1.29, 1.82) is 0 Å². The van der Waals surface area contributed by atoms with E-state index in [4.69, 9.17) is 9.47 Å². The summed E-state index contributed by atoms with van der Waals surface area (Å²) in [6.45, 7) is 0. The second kappa shape index (κ2) is 5.72. The lowest BCUT2D eigenvalue weighted by Crippen LogP contribution is -2.31. The van der Waals surface area contributed by atoms with Crippen LogP contribution in [0, 0.1) is 23.7 Å². The smallest absolute Gasteiger partial charge is 0.308 e. The Hall–Kier alpha value is -1.06. The van der Waals surface area contributed by atoms with E-state index in [1.54, 1.807) is 0 Å². The highest BCUT2D eigenvalue weighted by atomic mass is 16.5. The van der Waals surface area contributed by atoms with Crippen LogP contribution in [0.4, 0.5) is 0 Å². The van der Waals surface area contributed by atoms with Crippen LogP contribution in [0.5, 0.6) is 0 Å². The van der Waals surface area contributed by atoms with Crippen LogP contribution in [0.25, 0.3) is 0 Å². The van der Waals surface area contributed by atoms with E-state index < -0.39 is 0 Å². The Morgan fingerprint density at radius 3 is 1.50 bits per heavy atom. The van der Waals surface area contributed by atoms with Gasteiger partial charge in [0, 0.05) is 0 Å². The Balaban J connectivity index is 2.09. The van der Waals surface area contributed by atoms with Gasteiger partial charge in [0.15, 0.2) is 0 Å². The molecule has 2 aliphatic carbocycles. The van der Waals surface area contributed by atoms with Gasteiger partial charge in [-0.15, -0.1) is 0 Å². The average molecular weight is 254 g/mol. The van der Waals surface area contributed by atoms with Gasteiger partial charge in [-0.1, -0.05) is 12.8 Å². The molecule has 0 aromatic heterocycles. The molecule has 0 spiro atoms. The maximum atomic E-state index is 11.8. The van der Waals surface area contributed by atoms with Crippen LogP contribution in [0.3, 0.4) is 0 Å². The lowest BCUT2D eigenvalue weighted by molar-refractivity contribution is -0.151. The molecule has 18 heavy (non-hydrogen) atoms. The van der Waals surface area contributed by atoms with Crippen molar-refractivity contribution in [2.24, 2.45) is 23.7 Å². The van der Waals surface area contributed by atoms with Crippen molar-refractivity contribution in [3.63, 3.8) is 0 Å². The number of methoxy groups -OCH3 is 2. The van der Waals surface area contributed by atoms with E-state index in [0.717, 1.165) is 38.5 Å². The summed E-state index contributed by atoms with van der Waals surface area (Å²) in [7, 11) is 2.90. The normalized spacial score (nSPS) is 35.4. The maximum Gasteiger partial charge on any atom is 0.308 e. The van der Waals surface area contributed by atoms with Gasteiger partial charge >= 0.3 is 11.9 Å². The summed E-state index contributed by atoms with van der Waals surface area (Å²) < 4.78 is 9.78. The van der Waals surface area contributed by atoms with Crippen molar-refractivity contribution in [3.8, 4) is 0 Å². The van der Waals surface area contributed by atoms with Crippen LogP contribution in [0.1, 0.15) is 38.5 Å². The number of rotatable bonds is 3. The van der Waals surface area contributed by atoms with Crippen molar-refractivity contribution >= 4 is 11.9 Å². The summed E-state index contributed by atoms with van der Waals surface area (Å²) in [5, 5.41) is 0. The summed E-state index contributed by atoms with van der Waals surface area (Å²) in [6.07, 6.45) is 6.02. The molecule has 0 amide bonds. The summed E-state index contributed by atoms with van der Waals surface area (Å²) in [5.41, 5.74) is 0. The molecule has 0 bridgehead atoms. The van der Waals surface area contributed by atoms with Crippen molar-refractivity contribution in [1.82, 2.24) is 0 Å². The zero-order valence-electron chi connectivity index (χ0n) is 11.2. The van der Waals surface area contributed by atoms with Crippen LogP contribution in [0.2, 0.25) is 0 Å². The highest BCUT2D eigenvalue weighted by Crippen LogP contribution is 2.47. The van der Waals surface area contributed by atoms with Crippen LogP contribution in [-0.2, 0) is 19.1 Å². The first-order valence-corrected chi connectivity index (χ1v) is 6.84. The predicted octanol–water partition coefficient (Wildman–Crippen LogP) is 2.17. The lowest BCUT2D eigenvalue weighted by Gasteiger charge is -2.27. The molecular formula is C14H22O4. The summed E-state index contributed by atoms with van der Waals surface area (Å²) in [4.78, 5) is 23.6. The molecule has 0 saturated heterocycles. The van der Waals surface area contributed by atoms with Gasteiger partial charge in [-0.25, -0.2) is 0 Å².